The van der Waals surface area contributed by atoms with Crippen molar-refractivity contribution in [1.29, 1.82) is 0 Å². The molecule has 2 aliphatic rings. The molecule has 0 nitrogen and oxygen atoms in total. The number of hydrogen-bond donors (Lipinski definition) is 0. The van der Waals surface area contributed by atoms with Crippen LogP contribution in [0.3, 0.4) is 0 Å². The van der Waals surface area contributed by atoms with Gasteiger partial charge in [-0.25, -0.2) is 0 Å². The van der Waals surface area contributed by atoms with Crippen LogP contribution in [-0.2, 0) is 40.5 Å². The molecule has 0 amide bonds. The topological polar surface area (TPSA) is 0 Å². The number of fused-ring (bicyclic) bond motifs is 2. The van der Waals surface area contributed by atoms with Gasteiger partial charge in [-0.3, -0.25) is 0 Å². The van der Waals surface area contributed by atoms with Crippen LogP contribution >= 0.6 is 0 Å². The van der Waals surface area contributed by atoms with E-state index in [1.54, 1.807) is 22.3 Å². The Kier molecular flexibility index (Phi) is 5.57. The molecule has 2 aromatic rings. The van der Waals surface area contributed by atoms with Crippen molar-refractivity contribution in [3.8, 4) is 0 Å². The number of rotatable bonds is 4. The zero-order valence-electron chi connectivity index (χ0n) is 19.4. The Labute approximate surface area is 187 Å². The van der Waals surface area contributed by atoms with Gasteiger partial charge in [-0.05, 0) is 0 Å². The van der Waals surface area contributed by atoms with E-state index in [1.807, 2.05) is 0 Å². The van der Waals surface area contributed by atoms with Gasteiger partial charge in [0.25, 0.3) is 0 Å². The summed E-state index contributed by atoms with van der Waals surface area (Å²) in [6.45, 7) is 10.2. The maximum absolute atomic E-state index is 2.76. The van der Waals surface area contributed by atoms with Gasteiger partial charge in [0.2, 0.25) is 0 Å². The SMILES string of the molecule is CC1=Cc2ccccc2[CH]1[Zr]([CH3])([CH3])[C](C)(C)[Zr]([CH3])([CH3])[CH]1C(C)=Cc2ccccc21. The third-order valence-electron chi connectivity index (χ3n) is 8.96. The van der Waals surface area contributed by atoms with Crippen molar-refractivity contribution in [2.75, 3.05) is 0 Å². The Hall–Kier alpha value is -0.314. The van der Waals surface area contributed by atoms with Crippen LogP contribution < -0.4 is 0 Å². The molecule has 4 rings (SSSR count). The minimum atomic E-state index is -2.62. The summed E-state index contributed by atoms with van der Waals surface area (Å²) in [4.78, 5) is 0. The van der Waals surface area contributed by atoms with Crippen LogP contribution in [0, 0.1) is 0 Å². The molecule has 2 atom stereocenters. The molecule has 0 aromatic heterocycles. The summed E-state index contributed by atoms with van der Waals surface area (Å²) in [7, 11) is 0. The summed E-state index contributed by atoms with van der Waals surface area (Å²) in [6, 6.07) is 18.4. The fraction of sp³-hybridized carbons (Fsp3) is 0.407. The van der Waals surface area contributed by atoms with Crippen molar-refractivity contribution in [3.05, 3.63) is 81.9 Å². The summed E-state index contributed by atoms with van der Waals surface area (Å²) < 4.78 is 13.0. The molecule has 0 fully saturated rings. The molecule has 2 aromatic carbocycles. The van der Waals surface area contributed by atoms with E-state index < -0.39 is 40.5 Å². The standard InChI is InChI=1S/2C10H9.C3H6.4CH3.2Zr/c2*1-8-6-9-4-2-3-5-10(9)7-8;1-3-2;;;;;;/h2*2-7H,1H3;1-2H3;4*1H3;;. The van der Waals surface area contributed by atoms with Gasteiger partial charge in [0.05, 0.1) is 0 Å². The van der Waals surface area contributed by atoms with Gasteiger partial charge in [0.1, 0.15) is 0 Å². The Balaban J connectivity index is 1.80. The summed E-state index contributed by atoms with van der Waals surface area (Å²) in [6.07, 6.45) is 4.96. The van der Waals surface area contributed by atoms with Crippen molar-refractivity contribution in [2.45, 2.75) is 54.3 Å². The van der Waals surface area contributed by atoms with Gasteiger partial charge in [0, 0.05) is 0 Å². The maximum atomic E-state index is 2.76. The summed E-state index contributed by atoms with van der Waals surface area (Å²) in [5, 5.41) is 0. The second kappa shape index (κ2) is 7.38. The molecule has 2 aliphatic carbocycles. The first kappa shape index (κ1) is 21.9. The molecule has 2 heteroatoms. The van der Waals surface area contributed by atoms with E-state index in [9.17, 15) is 0 Å². The van der Waals surface area contributed by atoms with Gasteiger partial charge in [0.15, 0.2) is 0 Å². The molecule has 152 valence electrons. The molecular weight excluding hydrogens is 507 g/mol. The fourth-order valence-electron chi connectivity index (χ4n) is 6.43. The second-order valence-electron chi connectivity index (χ2n) is 11.0. The van der Waals surface area contributed by atoms with Crippen LogP contribution in [0.2, 0.25) is 19.4 Å². The van der Waals surface area contributed by atoms with E-state index in [0.717, 1.165) is 0 Å². The van der Waals surface area contributed by atoms with E-state index >= 15 is 0 Å². The van der Waals surface area contributed by atoms with E-state index in [1.165, 1.54) is 11.1 Å². The average Bonchev–Trinajstić information content (AvgIpc) is 3.16. The molecule has 0 N–H and O–H groups in total. The third kappa shape index (κ3) is 3.19. The zero-order chi connectivity index (χ0) is 21.2. The van der Waals surface area contributed by atoms with Gasteiger partial charge < -0.3 is 0 Å². The Morgan fingerprint density at radius 1 is 0.621 bits per heavy atom. The third-order valence-corrected chi connectivity index (χ3v) is 54.4. The van der Waals surface area contributed by atoms with Crippen LogP contribution in [0.15, 0.2) is 59.7 Å². The van der Waals surface area contributed by atoms with Crippen molar-refractivity contribution in [2.24, 2.45) is 0 Å². The second-order valence-corrected chi connectivity index (χ2v) is 39.9. The van der Waals surface area contributed by atoms with Crippen LogP contribution in [0.25, 0.3) is 12.2 Å². The molecule has 0 bridgehead atoms. The van der Waals surface area contributed by atoms with E-state index in [-0.39, 0.29) is 0 Å². The molecule has 0 saturated heterocycles. The summed E-state index contributed by atoms with van der Waals surface area (Å²) in [5.41, 5.74) is 9.46. The molecule has 0 aliphatic heterocycles. The quantitative estimate of drug-likeness (QED) is 0.362. The number of hydrogen-bond acceptors (Lipinski definition) is 0. The molecular formula is C27H36Zr2. The van der Waals surface area contributed by atoms with Crippen molar-refractivity contribution < 1.29 is 40.5 Å². The normalized spacial score (nSPS) is 21.5. The van der Waals surface area contributed by atoms with Crippen LogP contribution in [-0.4, -0.2) is 0 Å². The first-order valence-corrected chi connectivity index (χ1v) is 26.2. The molecule has 0 heterocycles. The Morgan fingerprint density at radius 3 is 1.34 bits per heavy atom. The van der Waals surface area contributed by atoms with Crippen LogP contribution in [0.5, 0.6) is 0 Å². The Morgan fingerprint density at radius 2 is 0.966 bits per heavy atom. The molecule has 29 heavy (non-hydrogen) atoms. The van der Waals surface area contributed by atoms with Gasteiger partial charge in [-0.2, -0.15) is 0 Å². The minimum absolute atomic E-state index is 0.512. The van der Waals surface area contributed by atoms with E-state index in [2.05, 4.69) is 107 Å². The van der Waals surface area contributed by atoms with E-state index in [4.69, 9.17) is 0 Å². The van der Waals surface area contributed by atoms with Crippen molar-refractivity contribution >= 4 is 12.2 Å². The molecule has 2 unspecified atom stereocenters. The molecule has 0 saturated carbocycles. The first-order valence-electron chi connectivity index (χ1n) is 11.0. The number of benzene rings is 2. The number of allylic oxidation sites excluding steroid dienone is 2. The molecule has 0 spiro atoms. The van der Waals surface area contributed by atoms with Crippen molar-refractivity contribution in [1.82, 2.24) is 0 Å². The first-order chi connectivity index (χ1) is 13.5. The van der Waals surface area contributed by atoms with Gasteiger partial charge >= 0.3 is 189 Å². The summed E-state index contributed by atoms with van der Waals surface area (Å²) >= 11 is -5.24. The van der Waals surface area contributed by atoms with Crippen molar-refractivity contribution in [3.63, 3.8) is 0 Å². The van der Waals surface area contributed by atoms with Gasteiger partial charge in [-0.15, -0.1) is 0 Å². The molecule has 0 radical (unpaired) electrons. The Bertz CT molecular complexity index is 939. The van der Waals surface area contributed by atoms with Gasteiger partial charge in [-0.1, -0.05) is 0 Å². The van der Waals surface area contributed by atoms with Crippen LogP contribution in [0.4, 0.5) is 0 Å². The predicted octanol–water partition coefficient (Wildman–Crippen LogP) is 8.96. The monoisotopic (exact) mass is 540 g/mol. The summed E-state index contributed by atoms with van der Waals surface area (Å²) in [5.74, 6) is 0. The van der Waals surface area contributed by atoms with E-state index in [0.29, 0.717) is 8.08 Å². The predicted molar refractivity (Wildman–Crippen MR) is 123 cm³/mol. The van der Waals surface area contributed by atoms with Crippen LogP contribution in [0.1, 0.15) is 57.2 Å². The zero-order valence-corrected chi connectivity index (χ0v) is 24.3. The fourth-order valence-corrected chi connectivity index (χ4v) is 53.5. The average molecular weight is 543 g/mol.